The number of carbonyl (C=O) groups is 1. The summed E-state index contributed by atoms with van der Waals surface area (Å²) in [4.78, 5) is 24.9. The first-order chi connectivity index (χ1) is 8.59. The smallest absolute Gasteiger partial charge is 0.343 e. The number of carboxylic acid groups (broad SMARTS) is 1. The van der Waals surface area contributed by atoms with Crippen LogP contribution in [-0.4, -0.2) is 30.8 Å². The molecule has 0 aliphatic rings. The van der Waals surface area contributed by atoms with Gasteiger partial charge in [0.25, 0.3) is 5.69 Å². The standard InChI is InChI=1S/C10H8N4O4/c15-10(16)9-7(4-13-6-11-5-12-13)2-1-3-8(9)14(17)18/h1-3,5-6H,4H2,(H,15,16). The van der Waals surface area contributed by atoms with Gasteiger partial charge in [-0.15, -0.1) is 0 Å². The van der Waals surface area contributed by atoms with Crippen molar-refractivity contribution in [3.8, 4) is 0 Å². The highest BCUT2D eigenvalue weighted by Gasteiger charge is 2.23. The number of hydrogen-bond donors (Lipinski definition) is 1. The molecule has 8 heteroatoms. The molecule has 92 valence electrons. The Labute approximate surface area is 101 Å². The summed E-state index contributed by atoms with van der Waals surface area (Å²) in [6, 6.07) is 4.11. The van der Waals surface area contributed by atoms with E-state index in [1.807, 2.05) is 0 Å². The fraction of sp³-hybridized carbons (Fsp3) is 0.100. The third kappa shape index (κ3) is 2.17. The number of benzene rings is 1. The molecule has 0 saturated heterocycles. The third-order valence-electron chi connectivity index (χ3n) is 2.34. The van der Waals surface area contributed by atoms with Gasteiger partial charge in [0.2, 0.25) is 0 Å². The van der Waals surface area contributed by atoms with E-state index in [1.165, 1.54) is 29.5 Å². The number of nitro benzene ring substituents is 1. The Morgan fingerprint density at radius 2 is 2.28 bits per heavy atom. The van der Waals surface area contributed by atoms with Crippen LogP contribution in [0.4, 0.5) is 5.69 Å². The van der Waals surface area contributed by atoms with Crippen LogP contribution in [0.2, 0.25) is 0 Å². The van der Waals surface area contributed by atoms with Crippen LogP contribution in [-0.2, 0) is 6.54 Å². The molecule has 0 fully saturated rings. The van der Waals surface area contributed by atoms with E-state index in [1.54, 1.807) is 0 Å². The van der Waals surface area contributed by atoms with Crippen LogP contribution < -0.4 is 0 Å². The largest absolute Gasteiger partial charge is 0.477 e. The number of rotatable bonds is 4. The molecule has 1 N–H and O–H groups in total. The van der Waals surface area contributed by atoms with Gasteiger partial charge in [-0.25, -0.2) is 14.5 Å². The average molecular weight is 248 g/mol. The molecule has 8 nitrogen and oxygen atoms in total. The molecule has 0 amide bonds. The van der Waals surface area contributed by atoms with E-state index in [0.29, 0.717) is 5.56 Å². The Balaban J connectivity index is 2.49. The Kier molecular flexibility index (Phi) is 3.00. The molecule has 0 unspecified atom stereocenters. The maximum absolute atomic E-state index is 11.1. The van der Waals surface area contributed by atoms with Gasteiger partial charge >= 0.3 is 5.97 Å². The SMILES string of the molecule is O=C(O)c1c(Cn2cncn2)cccc1[N+](=O)[O-]. The first-order valence-corrected chi connectivity index (χ1v) is 4.91. The van der Waals surface area contributed by atoms with Crippen molar-refractivity contribution in [2.75, 3.05) is 0 Å². The summed E-state index contributed by atoms with van der Waals surface area (Å²) in [5.74, 6) is -1.34. The third-order valence-corrected chi connectivity index (χ3v) is 2.34. The fourth-order valence-electron chi connectivity index (χ4n) is 1.61. The Bertz CT molecular complexity index is 594. The van der Waals surface area contributed by atoms with Crippen molar-refractivity contribution in [1.29, 1.82) is 0 Å². The summed E-state index contributed by atoms with van der Waals surface area (Å²) in [6.45, 7) is 0.114. The lowest BCUT2D eigenvalue weighted by molar-refractivity contribution is -0.385. The number of carboxylic acids is 1. The summed E-state index contributed by atoms with van der Waals surface area (Å²) in [5.41, 5.74) is -0.444. The minimum absolute atomic E-state index is 0.114. The van der Waals surface area contributed by atoms with E-state index < -0.39 is 16.6 Å². The normalized spacial score (nSPS) is 10.2. The molecule has 1 aromatic heterocycles. The second-order valence-corrected chi connectivity index (χ2v) is 3.47. The van der Waals surface area contributed by atoms with E-state index in [9.17, 15) is 14.9 Å². The highest BCUT2D eigenvalue weighted by molar-refractivity contribution is 5.94. The van der Waals surface area contributed by atoms with E-state index in [4.69, 9.17) is 5.11 Å². The Morgan fingerprint density at radius 3 is 2.83 bits per heavy atom. The van der Waals surface area contributed by atoms with Crippen molar-refractivity contribution in [2.45, 2.75) is 6.54 Å². The zero-order valence-electron chi connectivity index (χ0n) is 9.05. The van der Waals surface area contributed by atoms with Crippen LogP contribution in [0.3, 0.4) is 0 Å². The van der Waals surface area contributed by atoms with Crippen molar-refractivity contribution in [3.05, 3.63) is 52.1 Å². The predicted molar refractivity (Wildman–Crippen MR) is 59.2 cm³/mol. The lowest BCUT2D eigenvalue weighted by atomic mass is 10.1. The van der Waals surface area contributed by atoms with Gasteiger partial charge in [-0.3, -0.25) is 10.1 Å². The van der Waals surface area contributed by atoms with Crippen LogP contribution in [0.15, 0.2) is 30.9 Å². The van der Waals surface area contributed by atoms with Crippen LogP contribution in [0.1, 0.15) is 15.9 Å². The molecule has 0 atom stereocenters. The number of nitrogens with zero attached hydrogens (tertiary/aromatic N) is 4. The van der Waals surface area contributed by atoms with E-state index in [0.717, 1.165) is 6.07 Å². The first kappa shape index (κ1) is 11.7. The van der Waals surface area contributed by atoms with Crippen LogP contribution >= 0.6 is 0 Å². The highest BCUT2D eigenvalue weighted by atomic mass is 16.6. The summed E-state index contributed by atoms with van der Waals surface area (Å²) in [6.07, 6.45) is 2.71. The van der Waals surface area contributed by atoms with Crippen molar-refractivity contribution >= 4 is 11.7 Å². The van der Waals surface area contributed by atoms with Crippen molar-refractivity contribution in [2.24, 2.45) is 0 Å². The second kappa shape index (κ2) is 4.62. The van der Waals surface area contributed by atoms with Gasteiger partial charge in [0.15, 0.2) is 0 Å². The predicted octanol–water partition coefficient (Wildman–Crippen LogP) is 0.933. The molecule has 0 radical (unpaired) electrons. The van der Waals surface area contributed by atoms with E-state index >= 15 is 0 Å². The summed E-state index contributed by atoms with van der Waals surface area (Å²) in [7, 11) is 0. The molecule has 0 aliphatic heterocycles. The monoisotopic (exact) mass is 248 g/mol. The molecule has 18 heavy (non-hydrogen) atoms. The maximum atomic E-state index is 11.1. The van der Waals surface area contributed by atoms with Gasteiger partial charge < -0.3 is 5.11 Å². The van der Waals surface area contributed by atoms with Gasteiger partial charge in [-0.2, -0.15) is 5.10 Å². The minimum atomic E-state index is -1.34. The molecule has 0 saturated carbocycles. The summed E-state index contributed by atoms with van der Waals surface area (Å²) in [5, 5.41) is 23.7. The van der Waals surface area contributed by atoms with Gasteiger partial charge in [0, 0.05) is 6.07 Å². The molecule has 0 aliphatic carbocycles. The minimum Gasteiger partial charge on any atom is -0.477 e. The van der Waals surface area contributed by atoms with Crippen molar-refractivity contribution < 1.29 is 14.8 Å². The lowest BCUT2D eigenvalue weighted by Crippen LogP contribution is -2.10. The molecule has 0 spiro atoms. The van der Waals surface area contributed by atoms with Gasteiger partial charge in [-0.1, -0.05) is 12.1 Å². The second-order valence-electron chi connectivity index (χ2n) is 3.47. The maximum Gasteiger partial charge on any atom is 0.343 e. The van der Waals surface area contributed by atoms with Gasteiger partial charge in [0.05, 0.1) is 11.5 Å². The van der Waals surface area contributed by atoms with E-state index in [-0.39, 0.29) is 12.1 Å². The molecular weight excluding hydrogens is 240 g/mol. The fourth-order valence-corrected chi connectivity index (χ4v) is 1.61. The molecule has 2 aromatic rings. The molecule has 1 aromatic carbocycles. The highest BCUT2D eigenvalue weighted by Crippen LogP contribution is 2.22. The number of aromatic nitrogens is 3. The number of nitro groups is 1. The average Bonchev–Trinajstić information content (AvgIpc) is 2.81. The molecular formula is C10H8N4O4. The van der Waals surface area contributed by atoms with Gasteiger partial charge in [-0.05, 0) is 5.56 Å². The topological polar surface area (TPSA) is 111 Å². The zero-order chi connectivity index (χ0) is 13.1. The molecule has 1 heterocycles. The number of hydrogen-bond acceptors (Lipinski definition) is 5. The first-order valence-electron chi connectivity index (χ1n) is 4.91. The Morgan fingerprint density at radius 1 is 1.50 bits per heavy atom. The zero-order valence-corrected chi connectivity index (χ0v) is 9.05. The number of aromatic carboxylic acids is 1. The molecule has 0 bridgehead atoms. The quantitative estimate of drug-likeness (QED) is 0.636. The van der Waals surface area contributed by atoms with Crippen molar-refractivity contribution in [3.63, 3.8) is 0 Å². The van der Waals surface area contributed by atoms with Crippen LogP contribution in [0.25, 0.3) is 0 Å². The summed E-state index contributed by atoms with van der Waals surface area (Å²) >= 11 is 0. The van der Waals surface area contributed by atoms with Crippen LogP contribution in [0.5, 0.6) is 0 Å². The van der Waals surface area contributed by atoms with Crippen molar-refractivity contribution in [1.82, 2.24) is 14.8 Å². The van der Waals surface area contributed by atoms with Gasteiger partial charge in [0.1, 0.15) is 18.2 Å². The van der Waals surface area contributed by atoms with Crippen LogP contribution in [0, 0.1) is 10.1 Å². The Hall–Kier alpha value is -2.77. The lowest BCUT2D eigenvalue weighted by Gasteiger charge is -2.06. The summed E-state index contributed by atoms with van der Waals surface area (Å²) < 4.78 is 1.39. The van der Waals surface area contributed by atoms with E-state index in [2.05, 4.69) is 10.1 Å². The molecule has 2 rings (SSSR count).